The highest BCUT2D eigenvalue weighted by Gasteiger charge is 2.26. The van der Waals surface area contributed by atoms with Crippen molar-refractivity contribution in [3.05, 3.63) is 56.8 Å². The molecule has 29 heavy (non-hydrogen) atoms. The Morgan fingerprint density at radius 3 is 2.21 bits per heavy atom. The molecule has 2 heterocycles. The average molecular weight is 436 g/mol. The van der Waals surface area contributed by atoms with Crippen LogP contribution in [0.15, 0.2) is 24.3 Å². The molecule has 0 spiro atoms. The van der Waals surface area contributed by atoms with Crippen molar-refractivity contribution in [3.8, 4) is 0 Å². The third-order valence-corrected chi connectivity index (χ3v) is 6.04. The van der Waals surface area contributed by atoms with Crippen LogP contribution in [0.3, 0.4) is 0 Å². The van der Waals surface area contributed by atoms with Crippen molar-refractivity contribution in [2.24, 2.45) is 0 Å². The van der Waals surface area contributed by atoms with E-state index in [1.807, 2.05) is 19.9 Å². The summed E-state index contributed by atoms with van der Waals surface area (Å²) < 4.78 is 2.19. The summed E-state index contributed by atoms with van der Waals surface area (Å²) in [5, 5.41) is 0.868. The number of ketones is 1. The molecule has 1 aliphatic heterocycles. The van der Waals surface area contributed by atoms with Crippen LogP contribution < -0.4 is 0 Å². The molecule has 0 N–H and O–H groups in total. The first-order valence-electron chi connectivity index (χ1n) is 9.87. The lowest BCUT2D eigenvalue weighted by Gasteiger charge is -2.34. The summed E-state index contributed by atoms with van der Waals surface area (Å²) in [5.74, 6) is 0.0312. The van der Waals surface area contributed by atoms with Crippen molar-refractivity contribution in [1.82, 2.24) is 14.4 Å². The maximum absolute atomic E-state index is 12.9. The van der Waals surface area contributed by atoms with E-state index in [4.69, 9.17) is 23.2 Å². The van der Waals surface area contributed by atoms with Crippen molar-refractivity contribution >= 4 is 34.9 Å². The molecule has 156 valence electrons. The third-order valence-electron chi connectivity index (χ3n) is 5.49. The predicted molar refractivity (Wildman–Crippen MR) is 117 cm³/mol. The van der Waals surface area contributed by atoms with Crippen molar-refractivity contribution in [1.29, 1.82) is 0 Å². The van der Waals surface area contributed by atoms with Gasteiger partial charge in [0.15, 0.2) is 5.78 Å². The largest absolute Gasteiger partial charge is 0.346 e. The summed E-state index contributed by atoms with van der Waals surface area (Å²) >= 11 is 12.1. The van der Waals surface area contributed by atoms with Crippen molar-refractivity contribution in [3.63, 3.8) is 0 Å². The van der Waals surface area contributed by atoms with E-state index in [0.29, 0.717) is 54.4 Å². The standard InChI is InChI=1S/C22H27Cl2N3O2/c1-14(2)27-15(3)11-19(16(27)4)21(28)13-25-7-9-26(10-8-25)22(29)18-6-5-17(23)12-20(18)24/h5-6,11-12,14H,7-10,13H2,1-4H3. The molecule has 7 heteroatoms. The fourth-order valence-corrected chi connectivity index (χ4v) is 4.57. The second-order valence-electron chi connectivity index (χ2n) is 7.86. The summed E-state index contributed by atoms with van der Waals surface area (Å²) in [6, 6.07) is 7.22. The molecule has 0 atom stereocenters. The Hall–Kier alpha value is -1.82. The number of piperazine rings is 1. The molecule has 3 rings (SSSR count). The Labute approximate surface area is 182 Å². The van der Waals surface area contributed by atoms with Crippen LogP contribution in [0.4, 0.5) is 0 Å². The van der Waals surface area contributed by atoms with Gasteiger partial charge in [0.05, 0.1) is 17.1 Å². The highest BCUT2D eigenvalue weighted by atomic mass is 35.5. The number of aryl methyl sites for hydroxylation is 1. The topological polar surface area (TPSA) is 45.6 Å². The number of halogens is 2. The highest BCUT2D eigenvalue weighted by molar-refractivity contribution is 6.36. The molecule has 0 aliphatic carbocycles. The Morgan fingerprint density at radius 2 is 1.66 bits per heavy atom. The minimum absolute atomic E-state index is 0.0990. The zero-order chi connectivity index (χ0) is 21.3. The van der Waals surface area contributed by atoms with E-state index in [2.05, 4.69) is 23.3 Å². The zero-order valence-electron chi connectivity index (χ0n) is 17.3. The first-order chi connectivity index (χ1) is 13.7. The molecular weight excluding hydrogens is 409 g/mol. The summed E-state index contributed by atoms with van der Waals surface area (Å²) in [7, 11) is 0. The summed E-state index contributed by atoms with van der Waals surface area (Å²) in [5.41, 5.74) is 3.38. The van der Waals surface area contributed by atoms with Crippen molar-refractivity contribution in [2.75, 3.05) is 32.7 Å². The molecule has 1 saturated heterocycles. The number of carbonyl (C=O) groups is 2. The fourth-order valence-electron chi connectivity index (χ4n) is 4.08. The molecule has 0 bridgehead atoms. The first kappa shape index (κ1) is 21.9. The van der Waals surface area contributed by atoms with E-state index in [-0.39, 0.29) is 11.7 Å². The number of hydrogen-bond donors (Lipinski definition) is 0. The van der Waals surface area contributed by atoms with Crippen LogP contribution >= 0.6 is 23.2 Å². The number of rotatable bonds is 5. The van der Waals surface area contributed by atoms with Crippen LogP contribution in [0.5, 0.6) is 0 Å². The highest BCUT2D eigenvalue weighted by Crippen LogP contribution is 2.23. The minimum atomic E-state index is -0.0990. The lowest BCUT2D eigenvalue weighted by Crippen LogP contribution is -2.50. The van der Waals surface area contributed by atoms with Crippen LogP contribution in [-0.4, -0.2) is 58.8 Å². The second kappa shape index (κ2) is 8.90. The Kier molecular flexibility index (Phi) is 6.72. The van der Waals surface area contributed by atoms with Gasteiger partial charge in [0.2, 0.25) is 0 Å². The number of carbonyl (C=O) groups excluding carboxylic acids is 2. The normalized spacial score (nSPS) is 15.2. The van der Waals surface area contributed by atoms with Crippen LogP contribution in [0.2, 0.25) is 10.0 Å². The van der Waals surface area contributed by atoms with Crippen molar-refractivity contribution in [2.45, 2.75) is 33.7 Å². The molecule has 0 saturated carbocycles. The molecule has 1 fully saturated rings. The number of hydrogen-bond acceptors (Lipinski definition) is 3. The Balaban J connectivity index is 1.61. The molecule has 1 aromatic carbocycles. The Bertz CT molecular complexity index is 928. The van der Waals surface area contributed by atoms with Gasteiger partial charge < -0.3 is 9.47 Å². The number of amides is 1. The fraction of sp³-hybridized carbons (Fsp3) is 0.455. The quantitative estimate of drug-likeness (QED) is 0.642. The molecule has 5 nitrogen and oxygen atoms in total. The minimum Gasteiger partial charge on any atom is -0.346 e. The summed E-state index contributed by atoms with van der Waals surface area (Å²) in [6.07, 6.45) is 0. The van der Waals surface area contributed by atoms with Gasteiger partial charge in [-0.25, -0.2) is 0 Å². The molecular formula is C22H27Cl2N3O2. The molecule has 1 aromatic heterocycles. The third kappa shape index (κ3) is 4.68. The second-order valence-corrected chi connectivity index (χ2v) is 8.71. The van der Waals surface area contributed by atoms with Crippen LogP contribution in [0, 0.1) is 13.8 Å². The van der Waals surface area contributed by atoms with Gasteiger partial charge >= 0.3 is 0 Å². The van der Waals surface area contributed by atoms with E-state index in [9.17, 15) is 9.59 Å². The van der Waals surface area contributed by atoms with E-state index >= 15 is 0 Å². The zero-order valence-corrected chi connectivity index (χ0v) is 18.8. The predicted octanol–water partition coefficient (Wildman–Crippen LogP) is 4.63. The molecule has 2 aromatic rings. The van der Waals surface area contributed by atoms with Gasteiger partial charge in [-0.2, -0.15) is 0 Å². The van der Waals surface area contributed by atoms with E-state index < -0.39 is 0 Å². The van der Waals surface area contributed by atoms with Crippen LogP contribution in [0.25, 0.3) is 0 Å². The van der Waals surface area contributed by atoms with Crippen LogP contribution in [-0.2, 0) is 0 Å². The molecule has 0 unspecified atom stereocenters. The van der Waals surface area contributed by atoms with Gasteiger partial charge in [-0.05, 0) is 52.0 Å². The van der Waals surface area contributed by atoms with E-state index in [0.717, 1.165) is 17.0 Å². The number of aromatic nitrogens is 1. The first-order valence-corrected chi connectivity index (χ1v) is 10.6. The lowest BCUT2D eigenvalue weighted by molar-refractivity contribution is 0.0624. The maximum Gasteiger partial charge on any atom is 0.255 e. The molecule has 0 radical (unpaired) electrons. The maximum atomic E-state index is 12.9. The smallest absolute Gasteiger partial charge is 0.255 e. The van der Waals surface area contributed by atoms with Gasteiger partial charge in [-0.15, -0.1) is 0 Å². The van der Waals surface area contributed by atoms with Gasteiger partial charge in [0, 0.05) is 54.2 Å². The van der Waals surface area contributed by atoms with Gasteiger partial charge in [-0.3, -0.25) is 14.5 Å². The number of nitrogens with zero attached hydrogens (tertiary/aromatic N) is 3. The number of benzene rings is 1. The van der Waals surface area contributed by atoms with E-state index in [1.165, 1.54) is 0 Å². The van der Waals surface area contributed by atoms with Crippen molar-refractivity contribution < 1.29 is 9.59 Å². The Morgan fingerprint density at radius 1 is 1.00 bits per heavy atom. The van der Waals surface area contributed by atoms with Gasteiger partial charge in [0.1, 0.15) is 0 Å². The lowest BCUT2D eigenvalue weighted by atomic mass is 10.1. The summed E-state index contributed by atoms with van der Waals surface area (Å²) in [4.78, 5) is 29.5. The van der Waals surface area contributed by atoms with Gasteiger partial charge in [0.25, 0.3) is 5.91 Å². The molecule has 1 aliphatic rings. The van der Waals surface area contributed by atoms with Crippen LogP contribution in [0.1, 0.15) is 52.0 Å². The molecule has 1 amide bonds. The van der Waals surface area contributed by atoms with Gasteiger partial charge in [-0.1, -0.05) is 23.2 Å². The van der Waals surface area contributed by atoms with E-state index in [1.54, 1.807) is 23.1 Å². The number of Topliss-reactive ketones (excluding diaryl/α,β-unsaturated/α-hetero) is 1. The SMILES string of the molecule is Cc1cc(C(=O)CN2CCN(C(=O)c3ccc(Cl)cc3Cl)CC2)c(C)n1C(C)C. The summed E-state index contributed by atoms with van der Waals surface area (Å²) in [6.45, 7) is 11.1. The monoisotopic (exact) mass is 435 g/mol. The average Bonchev–Trinajstić information content (AvgIpc) is 2.96.